The van der Waals surface area contributed by atoms with Gasteiger partial charge in [0.25, 0.3) is 5.56 Å². The summed E-state index contributed by atoms with van der Waals surface area (Å²) in [7, 11) is 0. The summed E-state index contributed by atoms with van der Waals surface area (Å²) in [6.07, 6.45) is 9.78. The van der Waals surface area contributed by atoms with Gasteiger partial charge in [-0.05, 0) is 51.4 Å². The van der Waals surface area contributed by atoms with Crippen molar-refractivity contribution in [1.29, 1.82) is 0 Å². The van der Waals surface area contributed by atoms with E-state index in [4.69, 9.17) is 9.72 Å². The van der Waals surface area contributed by atoms with Gasteiger partial charge in [-0.2, -0.15) is 4.98 Å². The van der Waals surface area contributed by atoms with Crippen LogP contribution in [0.2, 0.25) is 0 Å². The minimum absolute atomic E-state index is 0.0403. The van der Waals surface area contributed by atoms with Crippen molar-refractivity contribution in [2.75, 3.05) is 0 Å². The molecule has 0 spiro atoms. The normalized spacial score (nSPS) is 30.9. The molecule has 0 aromatic carbocycles. The van der Waals surface area contributed by atoms with Crippen LogP contribution in [-0.2, 0) is 5.41 Å². The maximum atomic E-state index is 13.2. The number of rotatable bonds is 2. The molecule has 3 aliphatic rings. The Kier molecular flexibility index (Phi) is 4.67. The SMILES string of the molecule is C[C@@H]1CC[C@H]2[C@@H](C1)c1c(nc(C(C)(C)C3CCCCC3)[nH]c1=O)OC2(C)C. The van der Waals surface area contributed by atoms with E-state index < -0.39 is 0 Å². The van der Waals surface area contributed by atoms with Gasteiger partial charge in [-0.1, -0.05) is 46.5 Å². The third kappa shape index (κ3) is 3.23. The number of ether oxygens (including phenoxy) is 1. The number of hydrogen-bond donors (Lipinski definition) is 1. The van der Waals surface area contributed by atoms with Gasteiger partial charge in [0, 0.05) is 17.3 Å². The summed E-state index contributed by atoms with van der Waals surface area (Å²) in [6, 6.07) is 0. The summed E-state index contributed by atoms with van der Waals surface area (Å²) >= 11 is 0. The van der Waals surface area contributed by atoms with Gasteiger partial charge in [-0.15, -0.1) is 0 Å². The lowest BCUT2D eigenvalue weighted by Gasteiger charge is -2.48. The summed E-state index contributed by atoms with van der Waals surface area (Å²) in [5.74, 6) is 3.34. The molecule has 3 atom stereocenters. The molecule has 4 rings (SSSR count). The maximum absolute atomic E-state index is 13.2. The van der Waals surface area contributed by atoms with E-state index in [1.54, 1.807) is 0 Å². The third-order valence-corrected chi connectivity index (χ3v) is 7.89. The second-order valence-electron chi connectivity index (χ2n) is 10.5. The predicted molar refractivity (Wildman–Crippen MR) is 108 cm³/mol. The molecule has 27 heavy (non-hydrogen) atoms. The lowest BCUT2D eigenvalue weighted by Crippen LogP contribution is -2.49. The van der Waals surface area contributed by atoms with E-state index >= 15 is 0 Å². The summed E-state index contributed by atoms with van der Waals surface area (Å²) in [5, 5.41) is 0. The summed E-state index contributed by atoms with van der Waals surface area (Å²) < 4.78 is 6.40. The Morgan fingerprint density at radius 2 is 1.81 bits per heavy atom. The van der Waals surface area contributed by atoms with Gasteiger partial charge < -0.3 is 9.72 Å². The van der Waals surface area contributed by atoms with Gasteiger partial charge in [0.2, 0.25) is 5.88 Å². The van der Waals surface area contributed by atoms with Crippen molar-refractivity contribution in [3.8, 4) is 5.88 Å². The number of fused-ring (bicyclic) bond motifs is 3. The lowest BCUT2D eigenvalue weighted by atomic mass is 9.65. The Morgan fingerprint density at radius 1 is 1.11 bits per heavy atom. The van der Waals surface area contributed by atoms with Gasteiger partial charge in [0.05, 0.1) is 5.56 Å². The lowest BCUT2D eigenvalue weighted by molar-refractivity contribution is -0.0191. The van der Waals surface area contributed by atoms with Crippen molar-refractivity contribution in [2.45, 2.75) is 103 Å². The fourth-order valence-electron chi connectivity index (χ4n) is 6.05. The first kappa shape index (κ1) is 19.0. The van der Waals surface area contributed by atoms with Crippen LogP contribution in [0, 0.1) is 17.8 Å². The summed E-state index contributed by atoms with van der Waals surface area (Å²) in [4.78, 5) is 21.4. The third-order valence-electron chi connectivity index (χ3n) is 7.89. The van der Waals surface area contributed by atoms with Crippen LogP contribution in [-0.4, -0.2) is 15.6 Å². The van der Waals surface area contributed by atoms with Crippen LogP contribution in [0.15, 0.2) is 4.79 Å². The van der Waals surface area contributed by atoms with Crippen molar-refractivity contribution in [3.05, 3.63) is 21.7 Å². The number of aromatic amines is 1. The molecule has 0 unspecified atom stereocenters. The van der Waals surface area contributed by atoms with Crippen LogP contribution in [0.25, 0.3) is 0 Å². The first-order valence-corrected chi connectivity index (χ1v) is 11.0. The number of hydrogen-bond acceptors (Lipinski definition) is 3. The van der Waals surface area contributed by atoms with Crippen LogP contribution in [0.4, 0.5) is 0 Å². The highest BCUT2D eigenvalue weighted by molar-refractivity contribution is 5.34. The average molecular weight is 373 g/mol. The molecule has 0 saturated heterocycles. The Bertz CT molecular complexity index is 758. The van der Waals surface area contributed by atoms with Gasteiger partial charge in [-0.3, -0.25) is 4.79 Å². The molecule has 1 aliphatic heterocycles. The van der Waals surface area contributed by atoms with Crippen molar-refractivity contribution >= 4 is 0 Å². The molecule has 2 heterocycles. The monoisotopic (exact) mass is 372 g/mol. The predicted octanol–water partition coefficient (Wildman–Crippen LogP) is 5.32. The van der Waals surface area contributed by atoms with Crippen LogP contribution < -0.4 is 10.3 Å². The Labute approximate surface area is 163 Å². The minimum atomic E-state index is -0.259. The standard InChI is InChI=1S/C23H36N2O2/c1-14-11-12-17-16(13-14)18-19(26)24-21(25-20(18)27-23(17,4)5)22(2,3)15-9-7-6-8-10-15/h14-17H,6-13H2,1-5H3,(H,24,25,26)/t14-,16-,17+/m1/s1. The molecule has 1 aromatic heterocycles. The number of aromatic nitrogens is 2. The van der Waals surface area contributed by atoms with E-state index in [9.17, 15) is 4.79 Å². The quantitative estimate of drug-likeness (QED) is 0.764. The molecular weight excluding hydrogens is 336 g/mol. The van der Waals surface area contributed by atoms with Gasteiger partial charge in [0.15, 0.2) is 0 Å². The van der Waals surface area contributed by atoms with Crippen molar-refractivity contribution in [3.63, 3.8) is 0 Å². The van der Waals surface area contributed by atoms with Crippen LogP contribution in [0.1, 0.15) is 103 Å². The fraction of sp³-hybridized carbons (Fsp3) is 0.826. The highest BCUT2D eigenvalue weighted by atomic mass is 16.5. The van der Waals surface area contributed by atoms with E-state index in [0.717, 1.165) is 24.2 Å². The number of nitrogens with one attached hydrogen (secondary N) is 1. The second-order valence-corrected chi connectivity index (χ2v) is 10.5. The molecule has 150 valence electrons. The molecule has 2 aliphatic carbocycles. The Hall–Kier alpha value is -1.32. The Balaban J connectivity index is 1.76. The number of H-pyrrole nitrogens is 1. The molecule has 1 aromatic rings. The van der Waals surface area contributed by atoms with Crippen molar-refractivity contribution in [1.82, 2.24) is 9.97 Å². The van der Waals surface area contributed by atoms with Gasteiger partial charge in [0.1, 0.15) is 11.4 Å². The first-order valence-electron chi connectivity index (χ1n) is 11.0. The summed E-state index contributed by atoms with van der Waals surface area (Å²) in [5.41, 5.74) is 0.469. The van der Waals surface area contributed by atoms with E-state index in [1.807, 2.05) is 0 Å². The van der Waals surface area contributed by atoms with Crippen molar-refractivity contribution in [2.24, 2.45) is 17.8 Å². The smallest absolute Gasteiger partial charge is 0.258 e. The first-order chi connectivity index (χ1) is 12.7. The summed E-state index contributed by atoms with van der Waals surface area (Å²) in [6.45, 7) is 11.2. The van der Waals surface area contributed by atoms with E-state index in [0.29, 0.717) is 23.6 Å². The van der Waals surface area contributed by atoms with Gasteiger partial charge in [-0.25, -0.2) is 0 Å². The average Bonchev–Trinajstić information content (AvgIpc) is 2.61. The molecule has 2 saturated carbocycles. The zero-order valence-corrected chi connectivity index (χ0v) is 17.7. The highest BCUT2D eigenvalue weighted by Crippen LogP contribution is 2.51. The topological polar surface area (TPSA) is 55.0 Å². The molecular formula is C23H36N2O2. The zero-order chi connectivity index (χ0) is 19.4. The molecule has 0 bridgehead atoms. The molecule has 0 amide bonds. The fourth-order valence-corrected chi connectivity index (χ4v) is 6.05. The molecule has 0 radical (unpaired) electrons. The molecule has 4 heteroatoms. The molecule has 2 fully saturated rings. The maximum Gasteiger partial charge on any atom is 0.258 e. The largest absolute Gasteiger partial charge is 0.471 e. The van der Waals surface area contributed by atoms with Gasteiger partial charge >= 0.3 is 0 Å². The van der Waals surface area contributed by atoms with Crippen molar-refractivity contribution < 1.29 is 4.74 Å². The van der Waals surface area contributed by atoms with Crippen LogP contribution in [0.5, 0.6) is 5.88 Å². The van der Waals surface area contributed by atoms with Crippen LogP contribution in [0.3, 0.4) is 0 Å². The van der Waals surface area contributed by atoms with E-state index in [2.05, 4.69) is 39.6 Å². The van der Waals surface area contributed by atoms with E-state index in [-0.39, 0.29) is 22.5 Å². The molecule has 1 N–H and O–H groups in total. The second kappa shape index (κ2) is 6.63. The van der Waals surface area contributed by atoms with Crippen LogP contribution >= 0.6 is 0 Å². The zero-order valence-electron chi connectivity index (χ0n) is 17.7. The highest BCUT2D eigenvalue weighted by Gasteiger charge is 2.48. The Morgan fingerprint density at radius 3 is 2.52 bits per heavy atom. The minimum Gasteiger partial charge on any atom is -0.471 e. The number of nitrogens with zero attached hydrogens (tertiary/aromatic N) is 1. The van der Waals surface area contributed by atoms with E-state index in [1.165, 1.54) is 38.5 Å². The molecule has 4 nitrogen and oxygen atoms in total.